The minimum atomic E-state index is -0.427. The average molecular weight is 262 g/mol. The number of nitriles is 1. The number of benzene rings is 1. The van der Waals surface area contributed by atoms with Gasteiger partial charge in [-0.25, -0.2) is 0 Å². The third-order valence-corrected chi connectivity index (χ3v) is 2.86. The number of aliphatic hydroxyl groups excluding tert-OH is 1. The van der Waals surface area contributed by atoms with Gasteiger partial charge in [-0.1, -0.05) is 19.1 Å². The van der Waals surface area contributed by atoms with Gasteiger partial charge in [0.1, 0.15) is 11.8 Å². The smallest absolute Gasteiger partial charge is 0.181 e. The zero-order valence-electron chi connectivity index (χ0n) is 11.6. The van der Waals surface area contributed by atoms with Crippen LogP contribution < -0.4 is 10.1 Å². The first-order valence-corrected chi connectivity index (χ1v) is 6.62. The highest BCUT2D eigenvalue weighted by Gasteiger charge is 2.03. The standard InChI is InChI=1S/C15H22N2O2/c1-12(7-8-18)10-17-11-14-3-5-15(6-4-14)19-13(2)9-16/h3-6,12-13,17-18H,7-8,10-11H2,1-2H3. The van der Waals surface area contributed by atoms with Crippen LogP contribution >= 0.6 is 0 Å². The molecule has 1 aromatic carbocycles. The average Bonchev–Trinajstić information content (AvgIpc) is 2.41. The summed E-state index contributed by atoms with van der Waals surface area (Å²) in [5, 5.41) is 20.8. The molecule has 0 saturated heterocycles. The summed E-state index contributed by atoms with van der Waals surface area (Å²) in [6.45, 7) is 5.77. The molecule has 0 spiro atoms. The fourth-order valence-electron chi connectivity index (χ4n) is 1.70. The molecule has 4 nitrogen and oxygen atoms in total. The third-order valence-electron chi connectivity index (χ3n) is 2.86. The largest absolute Gasteiger partial charge is 0.476 e. The highest BCUT2D eigenvalue weighted by molar-refractivity contribution is 5.27. The highest BCUT2D eigenvalue weighted by atomic mass is 16.5. The van der Waals surface area contributed by atoms with Crippen molar-refractivity contribution in [3.63, 3.8) is 0 Å². The van der Waals surface area contributed by atoms with Crippen molar-refractivity contribution < 1.29 is 9.84 Å². The molecule has 0 aliphatic heterocycles. The molecule has 2 N–H and O–H groups in total. The molecule has 4 heteroatoms. The van der Waals surface area contributed by atoms with Crippen molar-refractivity contribution in [2.24, 2.45) is 5.92 Å². The van der Waals surface area contributed by atoms with Gasteiger partial charge in [0.25, 0.3) is 0 Å². The van der Waals surface area contributed by atoms with Gasteiger partial charge in [0, 0.05) is 13.2 Å². The van der Waals surface area contributed by atoms with E-state index in [1.165, 1.54) is 5.56 Å². The topological polar surface area (TPSA) is 65.3 Å². The summed E-state index contributed by atoms with van der Waals surface area (Å²) in [6, 6.07) is 9.76. The zero-order valence-corrected chi connectivity index (χ0v) is 11.6. The van der Waals surface area contributed by atoms with E-state index in [2.05, 4.69) is 12.2 Å². The quantitative estimate of drug-likeness (QED) is 0.753. The Morgan fingerprint density at radius 2 is 2.00 bits per heavy atom. The molecule has 0 aromatic heterocycles. The van der Waals surface area contributed by atoms with Crippen LogP contribution in [0.4, 0.5) is 0 Å². The van der Waals surface area contributed by atoms with Crippen LogP contribution in [0, 0.1) is 17.2 Å². The zero-order chi connectivity index (χ0) is 14.1. The van der Waals surface area contributed by atoms with Crippen LogP contribution in [0.3, 0.4) is 0 Å². The second-order valence-corrected chi connectivity index (χ2v) is 4.78. The Labute approximate surface area is 115 Å². The van der Waals surface area contributed by atoms with Crippen LogP contribution in [-0.2, 0) is 6.54 Å². The predicted molar refractivity (Wildman–Crippen MR) is 74.7 cm³/mol. The second kappa shape index (κ2) is 8.52. The number of aliphatic hydroxyl groups is 1. The van der Waals surface area contributed by atoms with E-state index in [-0.39, 0.29) is 6.61 Å². The van der Waals surface area contributed by atoms with Crippen LogP contribution in [0.2, 0.25) is 0 Å². The van der Waals surface area contributed by atoms with Gasteiger partial charge in [-0.15, -0.1) is 0 Å². The summed E-state index contributed by atoms with van der Waals surface area (Å²) in [5.74, 6) is 1.19. The summed E-state index contributed by atoms with van der Waals surface area (Å²) in [7, 11) is 0. The first-order chi connectivity index (χ1) is 9.15. The van der Waals surface area contributed by atoms with E-state index in [4.69, 9.17) is 15.1 Å². The molecule has 0 saturated carbocycles. The Morgan fingerprint density at radius 3 is 2.58 bits per heavy atom. The summed E-state index contributed by atoms with van der Waals surface area (Å²) in [5.41, 5.74) is 1.17. The van der Waals surface area contributed by atoms with Gasteiger partial charge in [-0.05, 0) is 43.5 Å². The van der Waals surface area contributed by atoms with Crippen molar-refractivity contribution in [3.05, 3.63) is 29.8 Å². The van der Waals surface area contributed by atoms with Crippen molar-refractivity contribution in [2.75, 3.05) is 13.2 Å². The van der Waals surface area contributed by atoms with Gasteiger partial charge < -0.3 is 15.2 Å². The molecule has 19 heavy (non-hydrogen) atoms. The molecule has 0 heterocycles. The van der Waals surface area contributed by atoms with Crippen LogP contribution in [-0.4, -0.2) is 24.4 Å². The maximum atomic E-state index is 8.81. The van der Waals surface area contributed by atoms with Crippen molar-refractivity contribution in [1.29, 1.82) is 5.26 Å². The molecule has 2 atom stereocenters. The Bertz CT molecular complexity index is 398. The molecule has 104 valence electrons. The summed E-state index contributed by atoms with van der Waals surface area (Å²) in [6.07, 6.45) is 0.398. The number of hydrogen-bond donors (Lipinski definition) is 2. The van der Waals surface area contributed by atoms with E-state index in [1.54, 1.807) is 6.92 Å². The molecule has 0 aliphatic carbocycles. The molecule has 0 aliphatic rings. The van der Waals surface area contributed by atoms with Crippen molar-refractivity contribution in [3.8, 4) is 11.8 Å². The van der Waals surface area contributed by atoms with E-state index in [0.717, 1.165) is 19.5 Å². The van der Waals surface area contributed by atoms with Gasteiger partial charge in [0.15, 0.2) is 6.10 Å². The Hall–Kier alpha value is -1.57. The van der Waals surface area contributed by atoms with Crippen LogP contribution in [0.5, 0.6) is 5.75 Å². The van der Waals surface area contributed by atoms with Crippen molar-refractivity contribution in [2.45, 2.75) is 32.9 Å². The van der Waals surface area contributed by atoms with Crippen molar-refractivity contribution in [1.82, 2.24) is 5.32 Å². The maximum absolute atomic E-state index is 8.81. The predicted octanol–water partition coefficient (Wildman–Crippen LogP) is 2.09. The fourth-order valence-corrected chi connectivity index (χ4v) is 1.70. The molecule has 0 fully saturated rings. The lowest BCUT2D eigenvalue weighted by molar-refractivity contribution is 0.260. The fraction of sp³-hybridized carbons (Fsp3) is 0.533. The first kappa shape index (κ1) is 15.5. The Balaban J connectivity index is 2.34. The first-order valence-electron chi connectivity index (χ1n) is 6.62. The minimum Gasteiger partial charge on any atom is -0.476 e. The lowest BCUT2D eigenvalue weighted by atomic mass is 10.1. The third kappa shape index (κ3) is 6.23. The molecule has 1 rings (SSSR count). The monoisotopic (exact) mass is 262 g/mol. The summed E-state index contributed by atoms with van der Waals surface area (Å²) < 4.78 is 5.38. The molecular formula is C15H22N2O2. The second-order valence-electron chi connectivity index (χ2n) is 4.78. The van der Waals surface area contributed by atoms with E-state index < -0.39 is 6.10 Å². The van der Waals surface area contributed by atoms with Crippen molar-refractivity contribution >= 4 is 0 Å². The summed E-state index contributed by atoms with van der Waals surface area (Å²) in [4.78, 5) is 0. The van der Waals surface area contributed by atoms with E-state index in [9.17, 15) is 0 Å². The van der Waals surface area contributed by atoms with E-state index in [0.29, 0.717) is 11.7 Å². The molecule has 1 aromatic rings. The van der Waals surface area contributed by atoms with Gasteiger partial charge in [-0.2, -0.15) is 5.26 Å². The highest BCUT2D eigenvalue weighted by Crippen LogP contribution is 2.13. The van der Waals surface area contributed by atoms with E-state index in [1.807, 2.05) is 30.3 Å². The van der Waals surface area contributed by atoms with Gasteiger partial charge in [0.05, 0.1) is 0 Å². The molecule has 0 radical (unpaired) electrons. The number of nitrogens with one attached hydrogen (secondary N) is 1. The lowest BCUT2D eigenvalue weighted by Gasteiger charge is -2.12. The Kier molecular flexibility index (Phi) is 6.94. The van der Waals surface area contributed by atoms with Gasteiger partial charge >= 0.3 is 0 Å². The lowest BCUT2D eigenvalue weighted by Crippen LogP contribution is -2.21. The van der Waals surface area contributed by atoms with Gasteiger partial charge in [-0.3, -0.25) is 0 Å². The SMILES string of the molecule is CC(CCO)CNCc1ccc(OC(C)C#N)cc1. The van der Waals surface area contributed by atoms with Crippen LogP contribution in [0.1, 0.15) is 25.8 Å². The molecule has 0 amide bonds. The minimum absolute atomic E-state index is 0.242. The van der Waals surface area contributed by atoms with E-state index >= 15 is 0 Å². The number of rotatable bonds is 8. The van der Waals surface area contributed by atoms with Crippen LogP contribution in [0.25, 0.3) is 0 Å². The van der Waals surface area contributed by atoms with Crippen LogP contribution in [0.15, 0.2) is 24.3 Å². The normalized spacial score (nSPS) is 13.6. The number of ether oxygens (including phenoxy) is 1. The maximum Gasteiger partial charge on any atom is 0.181 e. The molecular weight excluding hydrogens is 240 g/mol. The summed E-state index contributed by atoms with van der Waals surface area (Å²) >= 11 is 0. The number of hydrogen-bond acceptors (Lipinski definition) is 4. The van der Waals surface area contributed by atoms with Gasteiger partial charge in [0.2, 0.25) is 0 Å². The Morgan fingerprint density at radius 1 is 1.32 bits per heavy atom. The molecule has 0 bridgehead atoms. The number of nitrogens with zero attached hydrogens (tertiary/aromatic N) is 1. The molecule has 2 unspecified atom stereocenters.